The molecule has 4 amide bonds. The van der Waals surface area contributed by atoms with Gasteiger partial charge in [-0.2, -0.15) is 0 Å². The fourth-order valence-corrected chi connectivity index (χ4v) is 2.46. The first-order chi connectivity index (χ1) is 10.8. The van der Waals surface area contributed by atoms with Crippen LogP contribution in [0.4, 0.5) is 0 Å². The lowest BCUT2D eigenvalue weighted by atomic mass is 10.1. The van der Waals surface area contributed by atoms with Gasteiger partial charge in [0.1, 0.15) is 0 Å². The molecule has 1 aliphatic heterocycles. The summed E-state index contributed by atoms with van der Waals surface area (Å²) in [5.41, 5.74) is 0. The van der Waals surface area contributed by atoms with E-state index in [1.54, 1.807) is 6.92 Å². The third-order valence-corrected chi connectivity index (χ3v) is 3.65. The first-order valence-electron chi connectivity index (χ1n) is 8.21. The molecule has 0 aromatic heterocycles. The highest BCUT2D eigenvalue weighted by molar-refractivity contribution is 6.03. The largest absolute Gasteiger partial charge is 0.352 e. The Kier molecular flexibility index (Phi) is 7.71. The number of nitrogens with zero attached hydrogens (tertiary/aromatic N) is 1. The van der Waals surface area contributed by atoms with Gasteiger partial charge < -0.3 is 10.6 Å². The van der Waals surface area contributed by atoms with E-state index in [0.717, 1.165) is 6.42 Å². The number of unbranched alkanes of at least 4 members (excludes halogenated alkanes) is 2. The van der Waals surface area contributed by atoms with Crippen molar-refractivity contribution in [1.82, 2.24) is 15.5 Å². The zero-order valence-corrected chi connectivity index (χ0v) is 14.2. The van der Waals surface area contributed by atoms with E-state index in [0.29, 0.717) is 32.2 Å². The zero-order chi connectivity index (χ0) is 17.4. The molecule has 0 radical (unpaired) electrons. The number of rotatable bonds is 9. The Morgan fingerprint density at radius 3 is 2.43 bits per heavy atom. The standard InChI is InChI=1S/C16H27N3O4/c1-11(2)18-14(21)10-17-13(20)7-5-4-6-8-19-15(22)9-12(3)16(19)23/h11-12H,4-10H2,1-3H3,(H,17,20)(H,18,21). The van der Waals surface area contributed by atoms with Gasteiger partial charge in [0, 0.05) is 31.3 Å². The molecule has 7 heteroatoms. The van der Waals surface area contributed by atoms with Crippen molar-refractivity contribution >= 4 is 23.6 Å². The number of carbonyl (C=O) groups is 4. The zero-order valence-electron chi connectivity index (χ0n) is 14.2. The van der Waals surface area contributed by atoms with Crippen LogP contribution >= 0.6 is 0 Å². The predicted molar refractivity (Wildman–Crippen MR) is 85.3 cm³/mol. The maximum Gasteiger partial charge on any atom is 0.239 e. The minimum Gasteiger partial charge on any atom is -0.352 e. The predicted octanol–water partition coefficient (Wildman–Crippen LogP) is 0.583. The summed E-state index contributed by atoms with van der Waals surface area (Å²) in [4.78, 5) is 47.6. The highest BCUT2D eigenvalue weighted by Gasteiger charge is 2.34. The van der Waals surface area contributed by atoms with Crippen LogP contribution in [0.1, 0.15) is 52.9 Å². The molecule has 1 saturated heterocycles. The van der Waals surface area contributed by atoms with Crippen molar-refractivity contribution in [3.05, 3.63) is 0 Å². The quantitative estimate of drug-likeness (QED) is 0.479. The van der Waals surface area contributed by atoms with E-state index >= 15 is 0 Å². The maximum absolute atomic E-state index is 11.7. The molecule has 1 heterocycles. The summed E-state index contributed by atoms with van der Waals surface area (Å²) in [6.45, 7) is 5.90. The first-order valence-corrected chi connectivity index (χ1v) is 8.21. The van der Waals surface area contributed by atoms with Gasteiger partial charge in [0.15, 0.2) is 0 Å². The van der Waals surface area contributed by atoms with Gasteiger partial charge in [0.25, 0.3) is 0 Å². The number of imide groups is 1. The third kappa shape index (κ3) is 6.80. The van der Waals surface area contributed by atoms with E-state index in [9.17, 15) is 19.2 Å². The van der Waals surface area contributed by atoms with Crippen LogP contribution in [-0.2, 0) is 19.2 Å². The molecule has 1 aliphatic rings. The van der Waals surface area contributed by atoms with Crippen molar-refractivity contribution in [3.8, 4) is 0 Å². The van der Waals surface area contributed by atoms with Crippen LogP contribution in [0.15, 0.2) is 0 Å². The second-order valence-corrected chi connectivity index (χ2v) is 6.30. The number of carbonyl (C=O) groups excluding carboxylic acids is 4. The Morgan fingerprint density at radius 2 is 1.87 bits per heavy atom. The van der Waals surface area contributed by atoms with E-state index in [1.807, 2.05) is 13.8 Å². The molecule has 0 aromatic carbocycles. The second kappa shape index (κ2) is 9.27. The molecule has 0 saturated carbocycles. The molecule has 2 N–H and O–H groups in total. The molecule has 1 atom stereocenters. The third-order valence-electron chi connectivity index (χ3n) is 3.65. The lowest BCUT2D eigenvalue weighted by Crippen LogP contribution is -2.39. The van der Waals surface area contributed by atoms with Crippen LogP contribution in [-0.4, -0.2) is 47.7 Å². The number of amides is 4. The van der Waals surface area contributed by atoms with Crippen molar-refractivity contribution < 1.29 is 19.2 Å². The summed E-state index contributed by atoms with van der Waals surface area (Å²) >= 11 is 0. The lowest BCUT2D eigenvalue weighted by molar-refractivity contribution is -0.139. The van der Waals surface area contributed by atoms with Gasteiger partial charge in [-0.05, 0) is 26.7 Å². The van der Waals surface area contributed by atoms with Crippen molar-refractivity contribution in [1.29, 1.82) is 0 Å². The molecule has 1 unspecified atom stereocenters. The number of nitrogens with one attached hydrogen (secondary N) is 2. The van der Waals surface area contributed by atoms with E-state index in [4.69, 9.17) is 0 Å². The molecular weight excluding hydrogens is 298 g/mol. The van der Waals surface area contributed by atoms with E-state index < -0.39 is 0 Å². The lowest BCUT2D eigenvalue weighted by Gasteiger charge is -2.13. The van der Waals surface area contributed by atoms with E-state index in [1.165, 1.54) is 4.90 Å². The average molecular weight is 325 g/mol. The topological polar surface area (TPSA) is 95.6 Å². The highest BCUT2D eigenvalue weighted by atomic mass is 16.2. The van der Waals surface area contributed by atoms with Crippen molar-refractivity contribution in [2.24, 2.45) is 5.92 Å². The monoisotopic (exact) mass is 325 g/mol. The average Bonchev–Trinajstić information content (AvgIpc) is 2.70. The van der Waals surface area contributed by atoms with Gasteiger partial charge in [0.2, 0.25) is 23.6 Å². The summed E-state index contributed by atoms with van der Waals surface area (Å²) in [6.07, 6.45) is 2.78. The van der Waals surface area contributed by atoms with Gasteiger partial charge in [0.05, 0.1) is 6.54 Å². The van der Waals surface area contributed by atoms with Crippen molar-refractivity contribution in [2.75, 3.05) is 13.1 Å². The SMILES string of the molecule is CC(C)NC(=O)CNC(=O)CCCCCN1C(=O)CC(C)C1=O. The summed E-state index contributed by atoms with van der Waals surface area (Å²) < 4.78 is 0. The normalized spacial score (nSPS) is 17.7. The molecule has 7 nitrogen and oxygen atoms in total. The van der Waals surface area contributed by atoms with Crippen LogP contribution in [0, 0.1) is 5.92 Å². The van der Waals surface area contributed by atoms with Crippen molar-refractivity contribution in [2.45, 2.75) is 58.9 Å². The molecule has 1 rings (SSSR count). The number of hydrogen-bond acceptors (Lipinski definition) is 4. The molecule has 0 bridgehead atoms. The molecule has 0 aliphatic carbocycles. The molecule has 23 heavy (non-hydrogen) atoms. The van der Waals surface area contributed by atoms with Gasteiger partial charge in [-0.15, -0.1) is 0 Å². The molecule has 1 fully saturated rings. The minimum absolute atomic E-state index is 0.00825. The van der Waals surface area contributed by atoms with Crippen LogP contribution in [0.25, 0.3) is 0 Å². The first kappa shape index (κ1) is 19.1. The van der Waals surface area contributed by atoms with Crippen LogP contribution < -0.4 is 10.6 Å². The Bertz CT molecular complexity index is 462. The Labute approximate surface area is 137 Å². The molecule has 0 aromatic rings. The minimum atomic E-state index is -0.203. The van der Waals surface area contributed by atoms with E-state index in [2.05, 4.69) is 10.6 Å². The van der Waals surface area contributed by atoms with Gasteiger partial charge in [-0.1, -0.05) is 13.3 Å². The van der Waals surface area contributed by atoms with Crippen molar-refractivity contribution in [3.63, 3.8) is 0 Å². The summed E-state index contributed by atoms with van der Waals surface area (Å²) in [7, 11) is 0. The smallest absolute Gasteiger partial charge is 0.239 e. The number of likely N-dealkylation sites (tertiary alicyclic amines) is 1. The Balaban J connectivity index is 2.08. The van der Waals surface area contributed by atoms with Gasteiger partial charge >= 0.3 is 0 Å². The highest BCUT2D eigenvalue weighted by Crippen LogP contribution is 2.19. The summed E-state index contributed by atoms with van der Waals surface area (Å²) in [5, 5.41) is 5.26. The van der Waals surface area contributed by atoms with Gasteiger partial charge in [-0.3, -0.25) is 24.1 Å². The van der Waals surface area contributed by atoms with Gasteiger partial charge in [-0.25, -0.2) is 0 Å². The van der Waals surface area contributed by atoms with Crippen LogP contribution in [0.3, 0.4) is 0 Å². The maximum atomic E-state index is 11.7. The van der Waals surface area contributed by atoms with E-state index in [-0.39, 0.29) is 42.1 Å². The molecule has 0 spiro atoms. The fourth-order valence-electron chi connectivity index (χ4n) is 2.46. The van der Waals surface area contributed by atoms with Crippen LogP contribution in [0.5, 0.6) is 0 Å². The summed E-state index contributed by atoms with van der Waals surface area (Å²) in [6, 6.07) is 0.0538. The second-order valence-electron chi connectivity index (χ2n) is 6.30. The molecular formula is C16H27N3O4. The fraction of sp³-hybridized carbons (Fsp3) is 0.750. The van der Waals surface area contributed by atoms with Crippen LogP contribution in [0.2, 0.25) is 0 Å². The number of hydrogen-bond donors (Lipinski definition) is 2. The molecule has 130 valence electrons. The summed E-state index contributed by atoms with van der Waals surface area (Å²) in [5.74, 6) is -0.759. The Hall–Kier alpha value is -1.92. The Morgan fingerprint density at radius 1 is 1.17 bits per heavy atom.